The number of nitrogens with zero attached hydrogens (tertiary/aromatic N) is 1. The predicted molar refractivity (Wildman–Crippen MR) is 62.2 cm³/mol. The molecule has 0 aliphatic rings. The summed E-state index contributed by atoms with van der Waals surface area (Å²) in [6.07, 6.45) is 1.48. The fourth-order valence-electron chi connectivity index (χ4n) is 1.70. The Kier molecular flexibility index (Phi) is 2.85. The maximum atomic E-state index is 11.8. The molecule has 0 unspecified atom stereocenters. The maximum Gasteiger partial charge on any atom is 0.379 e. The number of hydrogen-bond acceptors (Lipinski definition) is 4. The highest BCUT2D eigenvalue weighted by atomic mass is 35.5. The molecule has 6 heteroatoms. The molecule has 0 bridgehead atoms. The first-order valence-corrected chi connectivity index (χ1v) is 5.19. The van der Waals surface area contributed by atoms with Crippen molar-refractivity contribution in [3.63, 3.8) is 0 Å². The van der Waals surface area contributed by atoms with Crippen LogP contribution >= 0.6 is 11.6 Å². The van der Waals surface area contributed by atoms with Crippen molar-refractivity contribution in [2.24, 2.45) is 0 Å². The lowest BCUT2D eigenvalue weighted by atomic mass is 10.1. The highest BCUT2D eigenvalue weighted by Gasteiger charge is 2.24. The molecular weight excluding hydrogens is 244 g/mol. The molecule has 0 aromatic carbocycles. The molecule has 88 valence electrons. The third-order valence-corrected chi connectivity index (χ3v) is 2.75. The minimum Gasteiger partial charge on any atom is -0.463 e. The Labute approximate surface area is 102 Å². The standard InChI is InChI=1S/C11H9ClN2O3/c1-5-7(9(15)11(16)17-2)6-3-4-13-10(12)8(6)14-5/h3-4,14H,1-2H3. The molecule has 0 aliphatic carbocycles. The van der Waals surface area contributed by atoms with E-state index in [4.69, 9.17) is 11.6 Å². The van der Waals surface area contributed by atoms with Crippen LogP contribution in [0.5, 0.6) is 0 Å². The summed E-state index contributed by atoms with van der Waals surface area (Å²) >= 11 is 5.89. The maximum absolute atomic E-state index is 11.8. The number of ketones is 1. The lowest BCUT2D eigenvalue weighted by molar-refractivity contribution is -0.135. The molecule has 2 aromatic rings. The summed E-state index contributed by atoms with van der Waals surface area (Å²) in [7, 11) is 1.17. The van der Waals surface area contributed by atoms with Crippen LogP contribution in [-0.4, -0.2) is 28.8 Å². The number of aryl methyl sites for hydroxylation is 1. The van der Waals surface area contributed by atoms with Crippen molar-refractivity contribution in [2.75, 3.05) is 7.11 Å². The summed E-state index contributed by atoms with van der Waals surface area (Å²) in [4.78, 5) is 29.9. The number of H-pyrrole nitrogens is 1. The number of esters is 1. The van der Waals surface area contributed by atoms with Crippen LogP contribution in [0.2, 0.25) is 5.15 Å². The molecule has 2 rings (SSSR count). The van der Waals surface area contributed by atoms with E-state index in [1.54, 1.807) is 13.0 Å². The Morgan fingerprint density at radius 2 is 2.18 bits per heavy atom. The summed E-state index contributed by atoms with van der Waals surface area (Å²) in [5.41, 5.74) is 1.38. The van der Waals surface area contributed by atoms with Gasteiger partial charge in [-0.2, -0.15) is 0 Å². The van der Waals surface area contributed by atoms with Crippen molar-refractivity contribution in [3.8, 4) is 0 Å². The second-order valence-electron chi connectivity index (χ2n) is 3.47. The molecule has 0 fully saturated rings. The van der Waals surface area contributed by atoms with Crippen molar-refractivity contribution in [3.05, 3.63) is 28.7 Å². The van der Waals surface area contributed by atoms with E-state index in [-0.39, 0.29) is 10.7 Å². The quantitative estimate of drug-likeness (QED) is 0.383. The molecule has 0 aliphatic heterocycles. The van der Waals surface area contributed by atoms with E-state index in [1.165, 1.54) is 13.3 Å². The van der Waals surface area contributed by atoms with Gasteiger partial charge in [-0.05, 0) is 13.0 Å². The average molecular weight is 253 g/mol. The molecule has 0 atom stereocenters. The van der Waals surface area contributed by atoms with Crippen LogP contribution < -0.4 is 0 Å². The Balaban J connectivity index is 2.70. The van der Waals surface area contributed by atoms with E-state index in [9.17, 15) is 9.59 Å². The zero-order valence-electron chi connectivity index (χ0n) is 9.20. The van der Waals surface area contributed by atoms with Crippen molar-refractivity contribution in [2.45, 2.75) is 6.92 Å². The fourth-order valence-corrected chi connectivity index (χ4v) is 1.91. The molecule has 5 nitrogen and oxygen atoms in total. The van der Waals surface area contributed by atoms with E-state index in [1.807, 2.05) is 0 Å². The van der Waals surface area contributed by atoms with Crippen molar-refractivity contribution in [1.82, 2.24) is 9.97 Å². The SMILES string of the molecule is COC(=O)C(=O)c1c(C)[nH]c2c(Cl)nccc12. The minimum absolute atomic E-state index is 0.259. The number of methoxy groups -OCH3 is 1. The molecule has 17 heavy (non-hydrogen) atoms. The average Bonchev–Trinajstić information content (AvgIpc) is 2.65. The Morgan fingerprint density at radius 3 is 2.82 bits per heavy atom. The molecule has 1 N–H and O–H groups in total. The molecule has 2 heterocycles. The first-order valence-electron chi connectivity index (χ1n) is 4.81. The number of aromatic nitrogens is 2. The third kappa shape index (κ3) is 1.78. The number of rotatable bonds is 2. The molecular formula is C11H9ClN2O3. The van der Waals surface area contributed by atoms with Crippen molar-refractivity contribution < 1.29 is 14.3 Å². The number of carbonyl (C=O) groups is 2. The largest absolute Gasteiger partial charge is 0.463 e. The normalized spacial score (nSPS) is 10.5. The summed E-state index contributed by atoms with van der Waals surface area (Å²) in [6, 6.07) is 1.63. The molecule has 0 saturated heterocycles. The van der Waals surface area contributed by atoms with Gasteiger partial charge in [-0.3, -0.25) is 4.79 Å². The number of halogens is 1. The predicted octanol–water partition coefficient (Wildman–Crippen LogP) is 1.88. The molecule has 0 spiro atoms. The van der Waals surface area contributed by atoms with Gasteiger partial charge < -0.3 is 9.72 Å². The van der Waals surface area contributed by atoms with E-state index in [2.05, 4.69) is 14.7 Å². The topological polar surface area (TPSA) is 72.1 Å². The highest BCUT2D eigenvalue weighted by molar-refractivity contribution is 6.44. The Bertz CT molecular complexity index is 618. The zero-order valence-corrected chi connectivity index (χ0v) is 9.96. The Morgan fingerprint density at radius 1 is 1.47 bits per heavy atom. The van der Waals surface area contributed by atoms with Crippen LogP contribution in [0, 0.1) is 6.92 Å². The van der Waals surface area contributed by atoms with Crippen LogP contribution in [0.3, 0.4) is 0 Å². The smallest absolute Gasteiger partial charge is 0.379 e. The van der Waals surface area contributed by atoms with E-state index >= 15 is 0 Å². The summed E-state index contributed by atoms with van der Waals surface area (Å²) in [5.74, 6) is -1.60. The summed E-state index contributed by atoms with van der Waals surface area (Å²) in [5, 5.41) is 0.826. The number of Topliss-reactive ketones (excluding diaryl/α,β-unsaturated/α-hetero) is 1. The molecule has 0 radical (unpaired) electrons. The van der Waals surface area contributed by atoms with Crippen molar-refractivity contribution in [1.29, 1.82) is 0 Å². The fraction of sp³-hybridized carbons (Fsp3) is 0.182. The second kappa shape index (κ2) is 4.18. The van der Waals surface area contributed by atoms with Gasteiger partial charge in [0.25, 0.3) is 5.78 Å². The second-order valence-corrected chi connectivity index (χ2v) is 3.83. The van der Waals surface area contributed by atoms with E-state index < -0.39 is 11.8 Å². The van der Waals surface area contributed by atoms with Crippen LogP contribution in [0.4, 0.5) is 0 Å². The summed E-state index contributed by atoms with van der Waals surface area (Å²) < 4.78 is 4.42. The summed E-state index contributed by atoms with van der Waals surface area (Å²) in [6.45, 7) is 1.69. The number of nitrogens with one attached hydrogen (secondary N) is 1. The van der Waals surface area contributed by atoms with E-state index in [0.29, 0.717) is 16.6 Å². The van der Waals surface area contributed by atoms with Gasteiger partial charge in [-0.25, -0.2) is 9.78 Å². The third-order valence-electron chi connectivity index (χ3n) is 2.46. The van der Waals surface area contributed by atoms with Gasteiger partial charge in [0.2, 0.25) is 0 Å². The van der Waals surface area contributed by atoms with Crippen LogP contribution in [-0.2, 0) is 9.53 Å². The van der Waals surface area contributed by atoms with Gasteiger partial charge in [0.05, 0.1) is 18.2 Å². The number of pyridine rings is 1. The van der Waals surface area contributed by atoms with Crippen LogP contribution in [0.1, 0.15) is 16.1 Å². The number of aromatic amines is 1. The monoisotopic (exact) mass is 252 g/mol. The molecule has 0 amide bonds. The minimum atomic E-state index is -0.901. The van der Waals surface area contributed by atoms with Gasteiger partial charge in [0.1, 0.15) is 0 Å². The van der Waals surface area contributed by atoms with Gasteiger partial charge in [0.15, 0.2) is 5.15 Å². The first kappa shape index (κ1) is 11.6. The number of ether oxygens (including phenoxy) is 1. The lowest BCUT2D eigenvalue weighted by Crippen LogP contribution is -2.16. The molecule has 2 aromatic heterocycles. The van der Waals surface area contributed by atoms with Gasteiger partial charge in [-0.1, -0.05) is 11.6 Å². The van der Waals surface area contributed by atoms with Gasteiger partial charge >= 0.3 is 5.97 Å². The number of hydrogen-bond donors (Lipinski definition) is 1. The zero-order chi connectivity index (χ0) is 12.6. The van der Waals surface area contributed by atoms with Crippen LogP contribution in [0.25, 0.3) is 10.9 Å². The number of fused-ring (bicyclic) bond motifs is 1. The van der Waals surface area contributed by atoms with E-state index in [0.717, 1.165) is 0 Å². The highest BCUT2D eigenvalue weighted by Crippen LogP contribution is 2.26. The number of carbonyl (C=O) groups excluding carboxylic acids is 2. The molecule has 0 saturated carbocycles. The Hall–Kier alpha value is -1.88. The van der Waals surface area contributed by atoms with Gasteiger partial charge in [0, 0.05) is 17.3 Å². The van der Waals surface area contributed by atoms with Crippen molar-refractivity contribution >= 4 is 34.3 Å². The first-order chi connectivity index (χ1) is 8.06. The van der Waals surface area contributed by atoms with Gasteiger partial charge in [-0.15, -0.1) is 0 Å². The van der Waals surface area contributed by atoms with Crippen LogP contribution in [0.15, 0.2) is 12.3 Å². The lowest BCUT2D eigenvalue weighted by Gasteiger charge is -1.98.